The van der Waals surface area contributed by atoms with Gasteiger partial charge in [0, 0.05) is 7.11 Å². The zero-order chi connectivity index (χ0) is 11.3. The SMILES string of the molecule is CCc1c(CCl)nnn1C(CC)COC. The largest absolute Gasteiger partial charge is 0.382 e. The summed E-state index contributed by atoms with van der Waals surface area (Å²) in [6, 6.07) is 0.259. The third-order valence-electron chi connectivity index (χ3n) is 2.51. The third kappa shape index (κ3) is 2.69. The maximum absolute atomic E-state index is 5.80. The first-order valence-corrected chi connectivity index (χ1v) is 5.79. The fourth-order valence-electron chi connectivity index (χ4n) is 1.66. The molecule has 0 aliphatic rings. The zero-order valence-corrected chi connectivity index (χ0v) is 10.3. The van der Waals surface area contributed by atoms with Gasteiger partial charge in [0.15, 0.2) is 0 Å². The lowest BCUT2D eigenvalue weighted by atomic mass is 10.2. The van der Waals surface area contributed by atoms with Gasteiger partial charge in [0.2, 0.25) is 0 Å². The highest BCUT2D eigenvalue weighted by Crippen LogP contribution is 2.17. The minimum atomic E-state index is 0.259. The lowest BCUT2D eigenvalue weighted by Crippen LogP contribution is -2.17. The highest BCUT2D eigenvalue weighted by Gasteiger charge is 2.16. The number of hydrogen-bond donors (Lipinski definition) is 0. The quantitative estimate of drug-likeness (QED) is 0.705. The molecule has 0 amide bonds. The molecule has 0 saturated heterocycles. The topological polar surface area (TPSA) is 39.9 Å². The molecule has 0 aliphatic heterocycles. The fraction of sp³-hybridized carbons (Fsp3) is 0.800. The fourth-order valence-corrected chi connectivity index (χ4v) is 1.87. The average molecular weight is 232 g/mol. The van der Waals surface area contributed by atoms with E-state index < -0.39 is 0 Å². The van der Waals surface area contributed by atoms with E-state index in [2.05, 4.69) is 24.2 Å². The summed E-state index contributed by atoms with van der Waals surface area (Å²) in [7, 11) is 1.70. The van der Waals surface area contributed by atoms with Crippen LogP contribution >= 0.6 is 11.6 Å². The summed E-state index contributed by atoms with van der Waals surface area (Å²) in [5, 5.41) is 8.23. The van der Waals surface area contributed by atoms with Gasteiger partial charge in [-0.1, -0.05) is 19.1 Å². The molecule has 1 aromatic heterocycles. The van der Waals surface area contributed by atoms with Crippen LogP contribution in [0.3, 0.4) is 0 Å². The molecule has 5 heteroatoms. The third-order valence-corrected chi connectivity index (χ3v) is 2.76. The number of methoxy groups -OCH3 is 1. The van der Waals surface area contributed by atoms with Gasteiger partial charge in [0.25, 0.3) is 0 Å². The summed E-state index contributed by atoms with van der Waals surface area (Å²) in [6.45, 7) is 4.87. The van der Waals surface area contributed by atoms with Gasteiger partial charge in [0.1, 0.15) is 5.69 Å². The van der Waals surface area contributed by atoms with Gasteiger partial charge >= 0.3 is 0 Å². The number of hydrogen-bond acceptors (Lipinski definition) is 3. The summed E-state index contributed by atoms with van der Waals surface area (Å²) < 4.78 is 7.12. The van der Waals surface area contributed by atoms with E-state index in [1.807, 2.05) is 4.68 Å². The van der Waals surface area contributed by atoms with E-state index in [1.54, 1.807) is 7.11 Å². The molecule has 0 N–H and O–H groups in total. The van der Waals surface area contributed by atoms with Crippen LogP contribution in [0.15, 0.2) is 0 Å². The predicted octanol–water partition coefficient (Wildman–Crippen LogP) is 2.18. The Labute approximate surface area is 95.6 Å². The average Bonchev–Trinajstić information content (AvgIpc) is 2.68. The Hall–Kier alpha value is -0.610. The first-order valence-electron chi connectivity index (χ1n) is 5.26. The number of rotatable bonds is 6. The van der Waals surface area contributed by atoms with Crippen LogP contribution in [-0.2, 0) is 17.0 Å². The predicted molar refractivity (Wildman–Crippen MR) is 60.2 cm³/mol. The minimum absolute atomic E-state index is 0.259. The normalized spacial score (nSPS) is 13.1. The molecular weight excluding hydrogens is 214 g/mol. The molecule has 0 aliphatic carbocycles. The van der Waals surface area contributed by atoms with Gasteiger partial charge in [-0.25, -0.2) is 4.68 Å². The molecule has 0 saturated carbocycles. The number of aromatic nitrogens is 3. The Morgan fingerprint density at radius 3 is 2.67 bits per heavy atom. The molecule has 4 nitrogen and oxygen atoms in total. The van der Waals surface area contributed by atoms with Crippen molar-refractivity contribution in [1.29, 1.82) is 0 Å². The maximum atomic E-state index is 5.80. The van der Waals surface area contributed by atoms with Crippen molar-refractivity contribution in [3.8, 4) is 0 Å². The van der Waals surface area contributed by atoms with Gasteiger partial charge in [-0.2, -0.15) is 0 Å². The lowest BCUT2D eigenvalue weighted by molar-refractivity contribution is 0.145. The van der Waals surface area contributed by atoms with Gasteiger partial charge in [-0.15, -0.1) is 16.7 Å². The first kappa shape index (κ1) is 12.5. The molecule has 15 heavy (non-hydrogen) atoms. The molecule has 1 rings (SSSR count). The van der Waals surface area contributed by atoms with Crippen molar-refractivity contribution >= 4 is 11.6 Å². The van der Waals surface area contributed by atoms with Gasteiger partial charge in [-0.3, -0.25) is 0 Å². The number of ether oxygens (including phenoxy) is 1. The molecular formula is C10H18ClN3O. The van der Waals surface area contributed by atoms with Crippen molar-refractivity contribution < 1.29 is 4.74 Å². The van der Waals surface area contributed by atoms with Crippen LogP contribution in [0.25, 0.3) is 0 Å². The molecule has 1 heterocycles. The number of nitrogens with zero attached hydrogens (tertiary/aromatic N) is 3. The van der Waals surface area contributed by atoms with Crippen LogP contribution < -0.4 is 0 Å². The summed E-state index contributed by atoms with van der Waals surface area (Å²) in [4.78, 5) is 0. The van der Waals surface area contributed by atoms with Gasteiger partial charge in [0.05, 0.1) is 24.2 Å². The van der Waals surface area contributed by atoms with Crippen molar-refractivity contribution in [1.82, 2.24) is 15.0 Å². The summed E-state index contributed by atoms with van der Waals surface area (Å²) in [5.74, 6) is 0.423. The highest BCUT2D eigenvalue weighted by atomic mass is 35.5. The van der Waals surface area contributed by atoms with E-state index in [-0.39, 0.29) is 6.04 Å². The molecule has 0 aromatic carbocycles. The van der Waals surface area contributed by atoms with Crippen LogP contribution in [0.1, 0.15) is 37.7 Å². The highest BCUT2D eigenvalue weighted by molar-refractivity contribution is 6.16. The van der Waals surface area contributed by atoms with E-state index in [0.29, 0.717) is 12.5 Å². The van der Waals surface area contributed by atoms with Crippen LogP contribution in [0.4, 0.5) is 0 Å². The second kappa shape index (κ2) is 6.08. The molecule has 1 unspecified atom stereocenters. The molecule has 1 aromatic rings. The van der Waals surface area contributed by atoms with E-state index >= 15 is 0 Å². The van der Waals surface area contributed by atoms with E-state index in [4.69, 9.17) is 16.3 Å². The minimum Gasteiger partial charge on any atom is -0.382 e. The Balaban J connectivity index is 2.95. The maximum Gasteiger partial charge on any atom is 0.101 e. The molecule has 0 radical (unpaired) electrons. The molecule has 0 bridgehead atoms. The van der Waals surface area contributed by atoms with Crippen LogP contribution in [0, 0.1) is 0 Å². The summed E-state index contributed by atoms with van der Waals surface area (Å²) in [6.07, 6.45) is 1.88. The van der Waals surface area contributed by atoms with Crippen molar-refractivity contribution in [3.63, 3.8) is 0 Å². The summed E-state index contributed by atoms with van der Waals surface area (Å²) in [5.41, 5.74) is 2.00. The second-order valence-electron chi connectivity index (χ2n) is 3.43. The van der Waals surface area contributed by atoms with Crippen LogP contribution in [0.2, 0.25) is 0 Å². The van der Waals surface area contributed by atoms with Crippen molar-refractivity contribution in [2.24, 2.45) is 0 Å². The van der Waals surface area contributed by atoms with Gasteiger partial charge < -0.3 is 4.74 Å². The van der Waals surface area contributed by atoms with Crippen LogP contribution in [-0.4, -0.2) is 28.7 Å². The van der Waals surface area contributed by atoms with E-state index in [1.165, 1.54) is 0 Å². The number of halogens is 1. The van der Waals surface area contributed by atoms with E-state index in [0.717, 1.165) is 24.2 Å². The molecule has 1 atom stereocenters. The van der Waals surface area contributed by atoms with Gasteiger partial charge in [-0.05, 0) is 12.8 Å². The Morgan fingerprint density at radius 2 is 2.20 bits per heavy atom. The Morgan fingerprint density at radius 1 is 1.47 bits per heavy atom. The van der Waals surface area contributed by atoms with Crippen molar-refractivity contribution in [2.45, 2.75) is 38.6 Å². The van der Waals surface area contributed by atoms with E-state index in [9.17, 15) is 0 Å². The lowest BCUT2D eigenvalue weighted by Gasteiger charge is -2.16. The zero-order valence-electron chi connectivity index (χ0n) is 9.53. The smallest absolute Gasteiger partial charge is 0.101 e. The molecule has 0 spiro atoms. The molecule has 86 valence electrons. The van der Waals surface area contributed by atoms with Crippen molar-refractivity contribution in [3.05, 3.63) is 11.4 Å². The second-order valence-corrected chi connectivity index (χ2v) is 3.70. The monoisotopic (exact) mass is 231 g/mol. The summed E-state index contributed by atoms with van der Waals surface area (Å²) >= 11 is 5.80. The van der Waals surface area contributed by atoms with Crippen LogP contribution in [0.5, 0.6) is 0 Å². The standard InChI is InChI=1S/C10H18ClN3O/c1-4-8(7-15-3)14-10(5-2)9(6-11)12-13-14/h8H,4-7H2,1-3H3. The Bertz CT molecular complexity index is 301. The first-order chi connectivity index (χ1) is 7.28. The number of alkyl halides is 1. The van der Waals surface area contributed by atoms with Crippen molar-refractivity contribution in [2.75, 3.05) is 13.7 Å². The Kier molecular flexibility index (Phi) is 5.05. The molecule has 0 fully saturated rings.